The molecule has 108 valence electrons. The van der Waals surface area contributed by atoms with E-state index in [9.17, 15) is 9.90 Å². The van der Waals surface area contributed by atoms with E-state index in [1.807, 2.05) is 24.9 Å². The zero-order valence-corrected chi connectivity index (χ0v) is 12.2. The SMILES string of the molecule is CCCn1cnc(CC(CCCN(C)C)C(=O)O)c1. The molecule has 0 fully saturated rings. The number of hydrogen-bond acceptors (Lipinski definition) is 3. The van der Waals surface area contributed by atoms with Crippen molar-refractivity contribution in [3.8, 4) is 0 Å². The van der Waals surface area contributed by atoms with E-state index in [1.54, 1.807) is 6.33 Å². The van der Waals surface area contributed by atoms with Crippen molar-refractivity contribution < 1.29 is 9.90 Å². The second-order valence-corrected chi connectivity index (χ2v) is 5.29. The average molecular weight is 267 g/mol. The smallest absolute Gasteiger partial charge is 0.306 e. The number of carboxylic acids is 1. The molecule has 1 heterocycles. The molecule has 0 aromatic carbocycles. The summed E-state index contributed by atoms with van der Waals surface area (Å²) in [6.07, 6.45) is 6.94. The molecule has 0 saturated carbocycles. The minimum atomic E-state index is -0.719. The van der Waals surface area contributed by atoms with Gasteiger partial charge in [0.1, 0.15) is 0 Å². The fourth-order valence-electron chi connectivity index (χ4n) is 2.11. The van der Waals surface area contributed by atoms with Crippen LogP contribution in [-0.4, -0.2) is 46.2 Å². The third-order valence-corrected chi connectivity index (χ3v) is 3.13. The van der Waals surface area contributed by atoms with Crippen molar-refractivity contribution in [2.45, 2.75) is 39.2 Å². The molecule has 0 spiro atoms. The van der Waals surface area contributed by atoms with Crippen molar-refractivity contribution in [2.75, 3.05) is 20.6 Å². The van der Waals surface area contributed by atoms with Crippen molar-refractivity contribution in [3.63, 3.8) is 0 Å². The Morgan fingerprint density at radius 3 is 2.84 bits per heavy atom. The molecule has 0 aliphatic heterocycles. The van der Waals surface area contributed by atoms with Crippen LogP contribution in [0.3, 0.4) is 0 Å². The topological polar surface area (TPSA) is 58.4 Å². The predicted molar refractivity (Wildman–Crippen MR) is 75.1 cm³/mol. The number of aryl methyl sites for hydroxylation is 1. The van der Waals surface area contributed by atoms with Crippen LogP contribution in [0, 0.1) is 5.92 Å². The van der Waals surface area contributed by atoms with Gasteiger partial charge in [-0.05, 0) is 39.9 Å². The molecule has 0 aliphatic carbocycles. The number of carboxylic acid groups (broad SMARTS) is 1. The van der Waals surface area contributed by atoms with Crippen molar-refractivity contribution in [1.29, 1.82) is 0 Å². The molecular weight excluding hydrogens is 242 g/mol. The third-order valence-electron chi connectivity index (χ3n) is 3.13. The molecule has 0 bridgehead atoms. The number of aromatic nitrogens is 2. The first-order valence-corrected chi connectivity index (χ1v) is 6.91. The minimum Gasteiger partial charge on any atom is -0.481 e. The van der Waals surface area contributed by atoms with Gasteiger partial charge in [-0.15, -0.1) is 0 Å². The Hall–Kier alpha value is -1.36. The van der Waals surface area contributed by atoms with E-state index in [1.165, 1.54) is 0 Å². The van der Waals surface area contributed by atoms with Gasteiger partial charge in [0.05, 0.1) is 17.9 Å². The maximum Gasteiger partial charge on any atom is 0.306 e. The summed E-state index contributed by atoms with van der Waals surface area (Å²) in [6, 6.07) is 0. The van der Waals surface area contributed by atoms with Crippen LogP contribution < -0.4 is 0 Å². The van der Waals surface area contributed by atoms with E-state index in [4.69, 9.17) is 0 Å². The molecule has 1 atom stereocenters. The molecule has 5 nitrogen and oxygen atoms in total. The summed E-state index contributed by atoms with van der Waals surface area (Å²) >= 11 is 0. The van der Waals surface area contributed by atoms with Crippen molar-refractivity contribution in [2.24, 2.45) is 5.92 Å². The molecule has 5 heteroatoms. The number of imidazole rings is 1. The van der Waals surface area contributed by atoms with Crippen LogP contribution >= 0.6 is 0 Å². The Morgan fingerprint density at radius 2 is 2.26 bits per heavy atom. The van der Waals surface area contributed by atoms with Crippen LogP contribution in [0.25, 0.3) is 0 Å². The summed E-state index contributed by atoms with van der Waals surface area (Å²) in [5.41, 5.74) is 0.880. The molecule has 1 unspecified atom stereocenters. The fraction of sp³-hybridized carbons (Fsp3) is 0.714. The zero-order valence-electron chi connectivity index (χ0n) is 12.2. The van der Waals surface area contributed by atoms with Gasteiger partial charge in [-0.3, -0.25) is 4.79 Å². The third kappa shape index (κ3) is 5.87. The second kappa shape index (κ2) is 7.94. The van der Waals surface area contributed by atoms with Crippen molar-refractivity contribution >= 4 is 5.97 Å². The van der Waals surface area contributed by atoms with Gasteiger partial charge in [0, 0.05) is 19.2 Å². The lowest BCUT2D eigenvalue weighted by molar-refractivity contribution is -0.142. The van der Waals surface area contributed by atoms with Crippen LogP contribution in [0.1, 0.15) is 31.9 Å². The highest BCUT2D eigenvalue weighted by Crippen LogP contribution is 2.14. The van der Waals surface area contributed by atoms with E-state index < -0.39 is 5.97 Å². The summed E-state index contributed by atoms with van der Waals surface area (Å²) in [5, 5.41) is 9.26. The lowest BCUT2D eigenvalue weighted by atomic mass is 9.98. The molecule has 0 saturated heterocycles. The Kier molecular flexibility index (Phi) is 6.56. The van der Waals surface area contributed by atoms with Gasteiger partial charge < -0.3 is 14.6 Å². The van der Waals surface area contributed by atoms with Gasteiger partial charge in [0.15, 0.2) is 0 Å². The highest BCUT2D eigenvalue weighted by Gasteiger charge is 2.18. The van der Waals surface area contributed by atoms with Crippen molar-refractivity contribution in [1.82, 2.24) is 14.5 Å². The van der Waals surface area contributed by atoms with Gasteiger partial charge in [-0.1, -0.05) is 6.92 Å². The highest BCUT2D eigenvalue weighted by molar-refractivity contribution is 5.70. The van der Waals surface area contributed by atoms with Crippen LogP contribution in [-0.2, 0) is 17.8 Å². The van der Waals surface area contributed by atoms with Gasteiger partial charge in [0.2, 0.25) is 0 Å². The molecule has 1 aromatic heterocycles. The molecular formula is C14H25N3O2. The molecule has 0 aliphatic rings. The Bertz CT molecular complexity index is 388. The van der Waals surface area contributed by atoms with E-state index >= 15 is 0 Å². The molecule has 0 amide bonds. The molecule has 1 aromatic rings. The summed E-state index contributed by atoms with van der Waals surface area (Å²) in [6.45, 7) is 3.97. The maximum absolute atomic E-state index is 11.3. The second-order valence-electron chi connectivity index (χ2n) is 5.29. The monoisotopic (exact) mass is 267 g/mol. The van der Waals surface area contributed by atoms with Crippen molar-refractivity contribution in [3.05, 3.63) is 18.2 Å². The first kappa shape index (κ1) is 15.7. The summed E-state index contributed by atoms with van der Waals surface area (Å²) in [5.74, 6) is -1.05. The van der Waals surface area contributed by atoms with Gasteiger partial charge in [-0.25, -0.2) is 4.98 Å². The highest BCUT2D eigenvalue weighted by atomic mass is 16.4. The van der Waals surface area contributed by atoms with Crippen LogP contribution in [0.4, 0.5) is 0 Å². The summed E-state index contributed by atoms with van der Waals surface area (Å²) in [7, 11) is 4.00. The Labute approximate surface area is 115 Å². The number of aliphatic carboxylic acids is 1. The van der Waals surface area contributed by atoms with E-state index in [-0.39, 0.29) is 5.92 Å². The largest absolute Gasteiger partial charge is 0.481 e. The number of rotatable bonds is 9. The first-order chi connectivity index (χ1) is 9.02. The minimum absolute atomic E-state index is 0.329. The van der Waals surface area contributed by atoms with Crippen LogP contribution in [0.15, 0.2) is 12.5 Å². The Morgan fingerprint density at radius 1 is 1.53 bits per heavy atom. The number of hydrogen-bond donors (Lipinski definition) is 1. The lowest BCUT2D eigenvalue weighted by Gasteiger charge is -2.13. The number of carbonyl (C=O) groups is 1. The zero-order chi connectivity index (χ0) is 14.3. The normalized spacial score (nSPS) is 12.8. The van der Waals surface area contributed by atoms with Gasteiger partial charge >= 0.3 is 5.97 Å². The summed E-state index contributed by atoms with van der Waals surface area (Å²) < 4.78 is 2.02. The van der Waals surface area contributed by atoms with E-state index in [0.717, 1.165) is 31.6 Å². The summed E-state index contributed by atoms with van der Waals surface area (Å²) in [4.78, 5) is 17.6. The van der Waals surface area contributed by atoms with Gasteiger partial charge in [-0.2, -0.15) is 0 Å². The van der Waals surface area contributed by atoms with E-state index in [0.29, 0.717) is 12.8 Å². The van der Waals surface area contributed by atoms with Gasteiger partial charge in [0.25, 0.3) is 0 Å². The van der Waals surface area contributed by atoms with Crippen LogP contribution in [0.2, 0.25) is 0 Å². The molecule has 19 heavy (non-hydrogen) atoms. The van der Waals surface area contributed by atoms with Crippen LogP contribution in [0.5, 0.6) is 0 Å². The molecule has 1 N–H and O–H groups in total. The first-order valence-electron chi connectivity index (χ1n) is 6.91. The van der Waals surface area contributed by atoms with E-state index in [2.05, 4.69) is 16.8 Å². The average Bonchev–Trinajstić information content (AvgIpc) is 2.75. The quantitative estimate of drug-likeness (QED) is 0.742. The molecule has 0 radical (unpaired) electrons. The maximum atomic E-state index is 11.3. The Balaban J connectivity index is 2.49. The standard InChI is InChI=1S/C14H25N3O2/c1-4-7-17-10-13(15-11-17)9-12(14(18)19)6-5-8-16(2)3/h10-12H,4-9H2,1-3H3,(H,18,19). The lowest BCUT2D eigenvalue weighted by Crippen LogP contribution is -2.20. The number of nitrogens with zero attached hydrogens (tertiary/aromatic N) is 3. The molecule has 1 rings (SSSR count). The fourth-order valence-corrected chi connectivity index (χ4v) is 2.11. The predicted octanol–water partition coefficient (Wildman–Crippen LogP) is 1.88.